The molecule has 18 heavy (non-hydrogen) atoms. The fourth-order valence-electron chi connectivity index (χ4n) is 1.78. The van der Waals surface area contributed by atoms with Crippen LogP contribution in [0.25, 0.3) is 22.4 Å². The minimum absolute atomic E-state index is 0.0631. The summed E-state index contributed by atoms with van der Waals surface area (Å²) in [5.74, 6) is -1.00. The predicted molar refractivity (Wildman–Crippen MR) is 66.5 cm³/mol. The summed E-state index contributed by atoms with van der Waals surface area (Å²) < 4.78 is 27.1. The van der Waals surface area contributed by atoms with Crippen molar-refractivity contribution in [1.82, 2.24) is 9.97 Å². The Labute approximate surface area is 106 Å². The van der Waals surface area contributed by atoms with Gasteiger partial charge in [-0.05, 0) is 24.3 Å². The van der Waals surface area contributed by atoms with E-state index in [4.69, 9.17) is 11.6 Å². The Hall–Kier alpha value is -1.94. The van der Waals surface area contributed by atoms with Gasteiger partial charge in [0.15, 0.2) is 0 Å². The number of nitrogens with zero attached hydrogens (tertiary/aromatic N) is 1. The normalized spacial score (nSPS) is 11.1. The molecule has 0 spiro atoms. The van der Waals surface area contributed by atoms with E-state index in [2.05, 4.69) is 9.97 Å². The van der Waals surface area contributed by atoms with Gasteiger partial charge in [0.2, 0.25) is 0 Å². The fraction of sp³-hybridized carbons (Fsp3) is 0. The average molecular weight is 265 g/mol. The molecule has 0 radical (unpaired) electrons. The summed E-state index contributed by atoms with van der Waals surface area (Å²) in [6.07, 6.45) is 0. The van der Waals surface area contributed by atoms with Gasteiger partial charge in [-0.2, -0.15) is 0 Å². The zero-order valence-electron chi connectivity index (χ0n) is 9.05. The van der Waals surface area contributed by atoms with Crippen molar-refractivity contribution in [3.63, 3.8) is 0 Å². The van der Waals surface area contributed by atoms with Gasteiger partial charge in [0.05, 0.1) is 21.6 Å². The smallest absolute Gasteiger partial charge is 0.142 e. The van der Waals surface area contributed by atoms with E-state index in [9.17, 15) is 8.78 Å². The molecule has 3 rings (SSSR count). The number of imidazole rings is 1. The van der Waals surface area contributed by atoms with Crippen molar-refractivity contribution < 1.29 is 8.78 Å². The molecule has 0 aliphatic heterocycles. The number of aromatic nitrogens is 2. The number of aromatic amines is 1. The lowest BCUT2D eigenvalue weighted by Gasteiger charge is -2.01. The molecule has 1 heterocycles. The summed E-state index contributed by atoms with van der Waals surface area (Å²) >= 11 is 5.51. The maximum Gasteiger partial charge on any atom is 0.142 e. The van der Waals surface area contributed by atoms with Crippen molar-refractivity contribution in [1.29, 1.82) is 0 Å². The minimum atomic E-state index is -0.673. The second-order valence-corrected chi connectivity index (χ2v) is 4.26. The molecular weight excluding hydrogens is 258 g/mol. The Kier molecular flexibility index (Phi) is 2.52. The first-order valence-corrected chi connectivity index (χ1v) is 5.62. The maximum absolute atomic E-state index is 13.7. The fourth-order valence-corrected chi connectivity index (χ4v) is 1.93. The number of hydrogen-bond acceptors (Lipinski definition) is 1. The van der Waals surface area contributed by atoms with Gasteiger partial charge in [-0.15, -0.1) is 0 Å². The molecule has 1 N–H and O–H groups in total. The van der Waals surface area contributed by atoms with E-state index in [0.29, 0.717) is 5.52 Å². The molecule has 0 saturated heterocycles. The maximum atomic E-state index is 13.7. The summed E-state index contributed by atoms with van der Waals surface area (Å²) in [5, 5.41) is -0.243. The van der Waals surface area contributed by atoms with Crippen molar-refractivity contribution in [3.05, 3.63) is 53.1 Å². The lowest BCUT2D eigenvalue weighted by molar-refractivity contribution is 0.602. The van der Waals surface area contributed by atoms with Crippen LogP contribution in [0.2, 0.25) is 5.02 Å². The highest BCUT2D eigenvalue weighted by Crippen LogP contribution is 2.27. The van der Waals surface area contributed by atoms with E-state index in [1.54, 1.807) is 6.07 Å². The summed E-state index contributed by atoms with van der Waals surface area (Å²) in [6, 6.07) is 9.25. The van der Waals surface area contributed by atoms with Gasteiger partial charge in [0.1, 0.15) is 17.5 Å². The highest BCUT2D eigenvalue weighted by atomic mass is 35.5. The third kappa shape index (κ3) is 1.75. The third-order valence-electron chi connectivity index (χ3n) is 2.65. The first-order chi connectivity index (χ1) is 8.65. The topological polar surface area (TPSA) is 28.7 Å². The molecule has 0 atom stereocenters. The number of rotatable bonds is 1. The van der Waals surface area contributed by atoms with Gasteiger partial charge in [-0.25, -0.2) is 13.8 Å². The SMILES string of the molecule is Fc1cc(-c2nc3ccccc3[nH]2)c(F)cc1Cl. The van der Waals surface area contributed by atoms with Crippen LogP contribution in [-0.4, -0.2) is 9.97 Å². The standard InChI is InChI=1S/C13H7ClF2N2/c14-8-6-9(15)7(5-10(8)16)13-17-11-3-1-2-4-12(11)18-13/h1-6H,(H,17,18). The van der Waals surface area contributed by atoms with Crippen LogP contribution >= 0.6 is 11.6 Å². The molecule has 0 saturated carbocycles. The van der Waals surface area contributed by atoms with Crippen molar-refractivity contribution in [2.75, 3.05) is 0 Å². The average Bonchev–Trinajstić information content (AvgIpc) is 2.77. The second kappa shape index (κ2) is 4.07. The Morgan fingerprint density at radius 2 is 1.83 bits per heavy atom. The first-order valence-electron chi connectivity index (χ1n) is 5.25. The molecule has 0 aliphatic rings. The van der Waals surface area contributed by atoms with Gasteiger partial charge in [-0.3, -0.25) is 0 Å². The second-order valence-electron chi connectivity index (χ2n) is 3.85. The Morgan fingerprint density at radius 1 is 1.06 bits per heavy atom. The van der Waals surface area contributed by atoms with Crippen LogP contribution in [0.3, 0.4) is 0 Å². The van der Waals surface area contributed by atoms with E-state index in [1.807, 2.05) is 18.2 Å². The van der Waals surface area contributed by atoms with Crippen LogP contribution in [0.5, 0.6) is 0 Å². The Bertz CT molecular complexity index is 704. The van der Waals surface area contributed by atoms with Gasteiger partial charge >= 0.3 is 0 Å². The number of H-pyrrole nitrogens is 1. The van der Waals surface area contributed by atoms with Gasteiger partial charge in [0, 0.05) is 0 Å². The van der Waals surface area contributed by atoms with Gasteiger partial charge in [-0.1, -0.05) is 23.7 Å². The molecule has 0 fully saturated rings. The molecule has 3 aromatic rings. The molecule has 5 heteroatoms. The molecule has 0 bridgehead atoms. The van der Waals surface area contributed by atoms with Crippen molar-refractivity contribution in [2.45, 2.75) is 0 Å². The van der Waals surface area contributed by atoms with Crippen LogP contribution in [0.15, 0.2) is 36.4 Å². The predicted octanol–water partition coefficient (Wildman–Crippen LogP) is 4.16. The summed E-state index contributed by atoms with van der Waals surface area (Å²) in [6.45, 7) is 0. The lowest BCUT2D eigenvalue weighted by Crippen LogP contribution is -1.89. The van der Waals surface area contributed by atoms with Gasteiger partial charge < -0.3 is 4.98 Å². The molecule has 2 nitrogen and oxygen atoms in total. The zero-order valence-corrected chi connectivity index (χ0v) is 9.80. The molecule has 2 aromatic carbocycles. The molecule has 0 amide bonds. The molecule has 0 unspecified atom stereocenters. The third-order valence-corrected chi connectivity index (χ3v) is 2.94. The van der Waals surface area contributed by atoms with Crippen LogP contribution in [0.1, 0.15) is 0 Å². The number of nitrogens with one attached hydrogen (secondary N) is 1. The van der Waals surface area contributed by atoms with Crippen LogP contribution in [0.4, 0.5) is 8.78 Å². The van der Waals surface area contributed by atoms with Crippen LogP contribution < -0.4 is 0 Å². The molecule has 90 valence electrons. The highest BCUT2D eigenvalue weighted by molar-refractivity contribution is 6.30. The monoisotopic (exact) mass is 264 g/mol. The van der Waals surface area contributed by atoms with Crippen LogP contribution in [-0.2, 0) is 0 Å². The summed E-state index contributed by atoms with van der Waals surface area (Å²) in [5.41, 5.74) is 1.53. The number of benzene rings is 2. The summed E-state index contributed by atoms with van der Waals surface area (Å²) in [7, 11) is 0. The number of fused-ring (bicyclic) bond motifs is 1. The van der Waals surface area contributed by atoms with Crippen molar-refractivity contribution in [2.24, 2.45) is 0 Å². The first kappa shape index (κ1) is 11.2. The van der Waals surface area contributed by atoms with E-state index < -0.39 is 11.6 Å². The van der Waals surface area contributed by atoms with E-state index in [0.717, 1.165) is 17.6 Å². The van der Waals surface area contributed by atoms with Gasteiger partial charge in [0.25, 0.3) is 0 Å². The highest BCUT2D eigenvalue weighted by Gasteiger charge is 2.13. The molecule has 0 aliphatic carbocycles. The largest absolute Gasteiger partial charge is 0.338 e. The van der Waals surface area contributed by atoms with E-state index in [-0.39, 0.29) is 16.4 Å². The summed E-state index contributed by atoms with van der Waals surface area (Å²) in [4.78, 5) is 7.15. The lowest BCUT2D eigenvalue weighted by atomic mass is 10.2. The van der Waals surface area contributed by atoms with Crippen LogP contribution in [0, 0.1) is 11.6 Å². The van der Waals surface area contributed by atoms with Crippen molar-refractivity contribution >= 4 is 22.6 Å². The Balaban J connectivity index is 2.22. The number of hydrogen-bond donors (Lipinski definition) is 1. The Morgan fingerprint density at radius 3 is 2.61 bits per heavy atom. The quantitative estimate of drug-likeness (QED) is 0.657. The van der Waals surface area contributed by atoms with Crippen molar-refractivity contribution in [3.8, 4) is 11.4 Å². The number of para-hydroxylation sites is 2. The number of halogens is 3. The molecular formula is C13H7ClF2N2. The van der Waals surface area contributed by atoms with E-state index >= 15 is 0 Å². The zero-order chi connectivity index (χ0) is 12.7. The minimum Gasteiger partial charge on any atom is -0.338 e. The van der Waals surface area contributed by atoms with E-state index in [1.165, 1.54) is 0 Å². The molecule has 1 aromatic heterocycles.